The van der Waals surface area contributed by atoms with Crippen molar-refractivity contribution < 1.29 is 46.5 Å². The van der Waals surface area contributed by atoms with E-state index in [0.29, 0.717) is 61.8 Å². The van der Waals surface area contributed by atoms with Crippen LogP contribution in [0, 0.1) is 0 Å². The molecule has 1 N–H and O–H groups in total. The van der Waals surface area contributed by atoms with E-state index in [2.05, 4.69) is 10.1 Å². The van der Waals surface area contributed by atoms with E-state index in [0.717, 1.165) is 25.7 Å². The Morgan fingerprint density at radius 2 is 1.65 bits per heavy atom. The van der Waals surface area contributed by atoms with E-state index in [1.807, 2.05) is 18.7 Å². The second kappa shape index (κ2) is 17.7. The summed E-state index contributed by atoms with van der Waals surface area (Å²) in [6.45, 7) is 5.25. The van der Waals surface area contributed by atoms with Crippen LogP contribution in [0.3, 0.4) is 0 Å². The molecule has 2 aromatic rings. The van der Waals surface area contributed by atoms with Crippen LogP contribution in [0.5, 0.6) is 11.5 Å². The molecule has 2 fully saturated rings. The molecular weight excluding hydrogens is 643 g/mol. The van der Waals surface area contributed by atoms with Gasteiger partial charge in [-0.2, -0.15) is 13.2 Å². The van der Waals surface area contributed by atoms with E-state index in [4.69, 9.17) is 14.2 Å². The minimum atomic E-state index is -5.14. The van der Waals surface area contributed by atoms with E-state index in [9.17, 15) is 27.6 Å². The highest BCUT2D eigenvalue weighted by Gasteiger charge is 2.43. The van der Waals surface area contributed by atoms with Crippen LogP contribution in [0.25, 0.3) is 0 Å². The molecule has 49 heavy (non-hydrogen) atoms. The van der Waals surface area contributed by atoms with Gasteiger partial charge < -0.3 is 34.1 Å². The van der Waals surface area contributed by atoms with Crippen molar-refractivity contribution in [3.8, 4) is 11.5 Å². The number of piperidine rings is 1. The van der Waals surface area contributed by atoms with Gasteiger partial charge in [-0.3, -0.25) is 9.59 Å². The zero-order valence-corrected chi connectivity index (χ0v) is 28.7. The number of carbonyl (C=O) groups is 3. The van der Waals surface area contributed by atoms with Gasteiger partial charge in [0, 0.05) is 63.0 Å². The standard InChI is InChI=1S/C36H48F3N3O7/c1-24(2)42(33(43)26-11-16-31(47-4)32(21-26)48-20-8-19-46-3)29-13-12-27(40-22-29)17-18-41(28-14-15-28)34(44)30(25-9-6-5-7-10-25)23-49-35(45)36(37,38)39/h5-7,9-11,16,21,24,27-30,40H,8,12-15,17-20,22-23H2,1-4H3/t27-,29-,30?/m1/s1. The van der Waals surface area contributed by atoms with Crippen molar-refractivity contribution in [1.29, 1.82) is 0 Å². The van der Waals surface area contributed by atoms with Crippen molar-refractivity contribution in [3.05, 3.63) is 59.7 Å². The zero-order valence-electron chi connectivity index (χ0n) is 28.7. The number of alkyl halides is 3. The van der Waals surface area contributed by atoms with Crippen LogP contribution >= 0.6 is 0 Å². The van der Waals surface area contributed by atoms with Gasteiger partial charge in [0.1, 0.15) is 6.61 Å². The highest BCUT2D eigenvalue weighted by molar-refractivity contribution is 5.95. The summed E-state index contributed by atoms with van der Waals surface area (Å²) in [7, 11) is 3.18. The second-order valence-electron chi connectivity index (χ2n) is 12.8. The predicted molar refractivity (Wildman–Crippen MR) is 177 cm³/mol. The Hall–Kier alpha value is -3.84. The highest BCUT2D eigenvalue weighted by Crippen LogP contribution is 2.33. The maximum atomic E-state index is 13.8. The predicted octanol–water partition coefficient (Wildman–Crippen LogP) is 5.35. The van der Waals surface area contributed by atoms with Gasteiger partial charge in [-0.05, 0) is 69.7 Å². The van der Waals surface area contributed by atoms with Gasteiger partial charge in [-0.15, -0.1) is 0 Å². The van der Waals surface area contributed by atoms with Gasteiger partial charge in [-0.1, -0.05) is 30.3 Å². The van der Waals surface area contributed by atoms with Crippen LogP contribution < -0.4 is 14.8 Å². The lowest BCUT2D eigenvalue weighted by Crippen LogP contribution is -2.54. The number of rotatable bonds is 17. The Labute approximate surface area is 286 Å². The van der Waals surface area contributed by atoms with Crippen molar-refractivity contribution in [3.63, 3.8) is 0 Å². The molecule has 0 bridgehead atoms. The van der Waals surface area contributed by atoms with Crippen molar-refractivity contribution in [2.45, 2.75) is 88.6 Å². The largest absolute Gasteiger partial charge is 0.493 e. The number of amides is 2. The summed E-state index contributed by atoms with van der Waals surface area (Å²) < 4.78 is 59.6. The molecule has 1 saturated carbocycles. The topological polar surface area (TPSA) is 107 Å². The molecule has 10 nitrogen and oxygen atoms in total. The van der Waals surface area contributed by atoms with Crippen molar-refractivity contribution in [1.82, 2.24) is 15.1 Å². The maximum absolute atomic E-state index is 13.8. The van der Waals surface area contributed by atoms with Gasteiger partial charge in [0.15, 0.2) is 11.5 Å². The summed E-state index contributed by atoms with van der Waals surface area (Å²) >= 11 is 0. The lowest BCUT2D eigenvalue weighted by molar-refractivity contribution is -0.200. The van der Waals surface area contributed by atoms with E-state index in [-0.39, 0.29) is 36.0 Å². The fourth-order valence-corrected chi connectivity index (χ4v) is 6.25. The third kappa shape index (κ3) is 10.6. The summed E-state index contributed by atoms with van der Waals surface area (Å²) in [5, 5.41) is 3.57. The summed E-state index contributed by atoms with van der Waals surface area (Å²) in [6.07, 6.45) is -0.653. The molecule has 0 radical (unpaired) electrons. The second-order valence-corrected chi connectivity index (χ2v) is 12.8. The zero-order chi connectivity index (χ0) is 35.6. The average molecular weight is 692 g/mol. The molecule has 13 heteroatoms. The summed E-state index contributed by atoms with van der Waals surface area (Å²) in [5.41, 5.74) is 0.998. The fourth-order valence-electron chi connectivity index (χ4n) is 6.25. The van der Waals surface area contributed by atoms with Crippen LogP contribution in [-0.4, -0.2) is 105 Å². The third-order valence-electron chi connectivity index (χ3n) is 8.94. The minimum absolute atomic E-state index is 0.000711. The van der Waals surface area contributed by atoms with Gasteiger partial charge in [0.25, 0.3) is 5.91 Å². The smallest absolute Gasteiger partial charge is 0.490 e. The number of benzene rings is 2. The van der Waals surface area contributed by atoms with Crippen molar-refractivity contribution in [2.75, 3.05) is 47.1 Å². The molecule has 1 unspecified atom stereocenters. The molecule has 0 aromatic heterocycles. The molecule has 4 rings (SSSR count). The normalized spacial score (nSPS) is 18.4. The van der Waals surface area contributed by atoms with E-state index in [1.54, 1.807) is 67.7 Å². The first-order valence-corrected chi connectivity index (χ1v) is 16.9. The number of esters is 1. The average Bonchev–Trinajstić information content (AvgIpc) is 3.93. The Bertz CT molecular complexity index is 1380. The maximum Gasteiger partial charge on any atom is 0.490 e. The molecule has 1 aliphatic carbocycles. The lowest BCUT2D eigenvalue weighted by atomic mass is 9.95. The number of nitrogens with zero attached hydrogens (tertiary/aromatic N) is 2. The van der Waals surface area contributed by atoms with E-state index in [1.165, 1.54) is 0 Å². The van der Waals surface area contributed by atoms with Crippen molar-refractivity contribution in [2.24, 2.45) is 0 Å². The minimum Gasteiger partial charge on any atom is -0.493 e. The molecule has 1 heterocycles. The first-order valence-electron chi connectivity index (χ1n) is 16.9. The molecule has 1 saturated heterocycles. The highest BCUT2D eigenvalue weighted by atomic mass is 19.4. The monoisotopic (exact) mass is 691 g/mol. The molecule has 2 aromatic carbocycles. The molecular formula is C36H48F3N3O7. The first-order chi connectivity index (χ1) is 23.4. The SMILES string of the molecule is COCCCOc1cc(C(=O)N(C(C)C)[C@@H]2CC[C@H](CCN(C(=O)C(COC(=O)C(F)(F)F)c3ccccc3)C3CC3)NC2)ccc1OC. The fraction of sp³-hybridized carbons (Fsp3) is 0.583. The number of methoxy groups -OCH3 is 2. The number of nitrogens with one attached hydrogen (secondary N) is 1. The Kier molecular flexibility index (Phi) is 13.7. The van der Waals surface area contributed by atoms with Crippen LogP contribution in [0.15, 0.2) is 48.5 Å². The molecule has 3 atom stereocenters. The quantitative estimate of drug-likeness (QED) is 0.175. The third-order valence-corrected chi connectivity index (χ3v) is 8.94. The van der Waals surface area contributed by atoms with Gasteiger partial charge in [-0.25, -0.2) is 4.79 Å². The molecule has 2 amide bonds. The molecule has 2 aliphatic rings. The number of hydrogen-bond acceptors (Lipinski definition) is 8. The van der Waals surface area contributed by atoms with Gasteiger partial charge >= 0.3 is 12.1 Å². The van der Waals surface area contributed by atoms with Crippen molar-refractivity contribution >= 4 is 17.8 Å². The summed E-state index contributed by atoms with van der Waals surface area (Å²) in [4.78, 5) is 42.8. The van der Waals surface area contributed by atoms with Crippen LogP contribution in [0.2, 0.25) is 0 Å². The van der Waals surface area contributed by atoms with E-state index < -0.39 is 24.7 Å². The number of halogens is 3. The Balaban J connectivity index is 1.37. The first kappa shape index (κ1) is 38.0. The molecule has 1 aliphatic heterocycles. The van der Waals surface area contributed by atoms with Crippen LogP contribution in [0.4, 0.5) is 13.2 Å². The number of carbonyl (C=O) groups excluding carboxylic acids is 3. The number of hydrogen-bond donors (Lipinski definition) is 1. The van der Waals surface area contributed by atoms with Crippen LogP contribution in [-0.2, 0) is 19.1 Å². The number of ether oxygens (including phenoxy) is 4. The molecule has 0 spiro atoms. The summed E-state index contributed by atoms with van der Waals surface area (Å²) in [6, 6.07) is 13.6. The van der Waals surface area contributed by atoms with Gasteiger partial charge in [0.2, 0.25) is 5.91 Å². The Morgan fingerprint density at radius 3 is 2.24 bits per heavy atom. The van der Waals surface area contributed by atoms with Gasteiger partial charge in [0.05, 0.1) is 19.6 Å². The van der Waals surface area contributed by atoms with E-state index >= 15 is 0 Å². The summed E-state index contributed by atoms with van der Waals surface area (Å²) in [5.74, 6) is -2.77. The Morgan fingerprint density at radius 1 is 0.939 bits per heavy atom. The lowest BCUT2D eigenvalue weighted by Gasteiger charge is -2.40. The van der Waals surface area contributed by atoms with Crippen LogP contribution in [0.1, 0.15) is 74.2 Å². The molecule has 270 valence electrons.